The number of aliphatic hydroxyl groups is 1. The maximum absolute atomic E-state index is 13.3. The van der Waals surface area contributed by atoms with Gasteiger partial charge in [0.1, 0.15) is 5.69 Å². The minimum atomic E-state index is -4.15. The van der Waals surface area contributed by atoms with Gasteiger partial charge >= 0.3 is 0 Å². The van der Waals surface area contributed by atoms with Crippen molar-refractivity contribution in [3.8, 4) is 0 Å². The summed E-state index contributed by atoms with van der Waals surface area (Å²) in [5.74, 6) is -5.79. The van der Waals surface area contributed by atoms with E-state index < -0.39 is 46.2 Å². The molecule has 13 heteroatoms. The van der Waals surface area contributed by atoms with Crippen molar-refractivity contribution in [3.63, 3.8) is 0 Å². The van der Waals surface area contributed by atoms with Crippen molar-refractivity contribution < 1.29 is 31.5 Å². The third-order valence-electron chi connectivity index (χ3n) is 4.13. The molecule has 8 nitrogen and oxygen atoms in total. The van der Waals surface area contributed by atoms with Crippen molar-refractivity contribution in [2.45, 2.75) is 19.9 Å². The Labute approximate surface area is 176 Å². The number of hydrogen-bond acceptors (Lipinski definition) is 4. The SMILES string of the molecule is CC(C)[C@H](CO)NS(=O)(=O)Nc1cn(C)c(C(=O)Nc2cc(F)c(F)c(F)c2)c1Cl. The molecule has 2 aromatic rings. The first-order valence-corrected chi connectivity index (χ1v) is 10.4. The largest absolute Gasteiger partial charge is 0.395 e. The van der Waals surface area contributed by atoms with Crippen LogP contribution in [0.4, 0.5) is 24.5 Å². The third-order valence-corrected chi connectivity index (χ3v) is 5.61. The van der Waals surface area contributed by atoms with E-state index in [4.69, 9.17) is 11.6 Å². The number of benzene rings is 1. The monoisotopic (exact) mass is 468 g/mol. The van der Waals surface area contributed by atoms with Crippen LogP contribution < -0.4 is 14.8 Å². The van der Waals surface area contributed by atoms with Crippen molar-refractivity contribution in [2.75, 3.05) is 16.6 Å². The Morgan fingerprint density at radius 2 is 1.80 bits per heavy atom. The van der Waals surface area contributed by atoms with Gasteiger partial charge in [-0.2, -0.15) is 13.1 Å². The molecule has 1 amide bonds. The van der Waals surface area contributed by atoms with Crippen LogP contribution in [0.15, 0.2) is 18.3 Å². The van der Waals surface area contributed by atoms with E-state index >= 15 is 0 Å². The molecule has 4 N–H and O–H groups in total. The van der Waals surface area contributed by atoms with Crippen molar-refractivity contribution >= 4 is 39.1 Å². The first kappa shape index (κ1) is 24.0. The lowest BCUT2D eigenvalue weighted by Gasteiger charge is -2.20. The van der Waals surface area contributed by atoms with Crippen LogP contribution in [-0.4, -0.2) is 36.6 Å². The van der Waals surface area contributed by atoms with E-state index in [2.05, 4.69) is 14.8 Å². The maximum Gasteiger partial charge on any atom is 0.299 e. The molecule has 1 heterocycles. The van der Waals surface area contributed by atoms with Crippen LogP contribution in [-0.2, 0) is 17.3 Å². The molecule has 0 unspecified atom stereocenters. The van der Waals surface area contributed by atoms with E-state index in [0.717, 1.165) is 0 Å². The second-order valence-electron chi connectivity index (χ2n) is 6.78. The molecule has 1 atom stereocenters. The second kappa shape index (κ2) is 9.25. The number of amides is 1. The number of anilines is 2. The lowest BCUT2D eigenvalue weighted by molar-refractivity contribution is 0.101. The summed E-state index contributed by atoms with van der Waals surface area (Å²) >= 11 is 6.12. The molecule has 0 saturated carbocycles. The fourth-order valence-electron chi connectivity index (χ4n) is 2.50. The summed E-state index contributed by atoms with van der Waals surface area (Å²) in [6.07, 6.45) is 1.21. The van der Waals surface area contributed by atoms with Gasteiger partial charge in [0, 0.05) is 37.1 Å². The average Bonchev–Trinajstić information content (AvgIpc) is 2.90. The molecule has 0 aliphatic carbocycles. The minimum Gasteiger partial charge on any atom is -0.395 e. The van der Waals surface area contributed by atoms with E-state index in [1.165, 1.54) is 17.8 Å². The van der Waals surface area contributed by atoms with Crippen molar-refractivity contribution in [2.24, 2.45) is 13.0 Å². The number of nitrogens with zero attached hydrogens (tertiary/aromatic N) is 1. The lowest BCUT2D eigenvalue weighted by atomic mass is 10.1. The highest BCUT2D eigenvalue weighted by molar-refractivity contribution is 7.90. The van der Waals surface area contributed by atoms with Gasteiger partial charge < -0.3 is 15.0 Å². The van der Waals surface area contributed by atoms with Crippen LogP contribution >= 0.6 is 11.6 Å². The molecule has 0 saturated heterocycles. The highest BCUT2D eigenvalue weighted by atomic mass is 35.5. The van der Waals surface area contributed by atoms with Crippen molar-refractivity contribution in [1.82, 2.24) is 9.29 Å². The molecular weight excluding hydrogens is 449 g/mol. The van der Waals surface area contributed by atoms with Gasteiger partial charge in [-0.05, 0) is 5.92 Å². The summed E-state index contributed by atoms with van der Waals surface area (Å²) < 4.78 is 69.9. The van der Waals surface area contributed by atoms with Crippen LogP contribution in [0, 0.1) is 23.4 Å². The van der Waals surface area contributed by atoms with Gasteiger partial charge in [0.25, 0.3) is 16.1 Å². The average molecular weight is 469 g/mol. The topological polar surface area (TPSA) is 112 Å². The van der Waals surface area contributed by atoms with Crippen LogP contribution in [0.3, 0.4) is 0 Å². The number of carbonyl (C=O) groups is 1. The number of nitrogens with one attached hydrogen (secondary N) is 3. The summed E-state index contributed by atoms with van der Waals surface area (Å²) in [4.78, 5) is 12.5. The predicted molar refractivity (Wildman–Crippen MR) is 106 cm³/mol. The summed E-state index contributed by atoms with van der Waals surface area (Å²) in [7, 11) is -2.76. The van der Waals surface area contributed by atoms with E-state index in [-0.39, 0.29) is 28.0 Å². The van der Waals surface area contributed by atoms with E-state index in [1.807, 2.05) is 0 Å². The van der Waals surface area contributed by atoms with Gasteiger partial charge in [-0.1, -0.05) is 25.4 Å². The Morgan fingerprint density at radius 1 is 1.23 bits per heavy atom. The smallest absolute Gasteiger partial charge is 0.299 e. The molecule has 30 heavy (non-hydrogen) atoms. The van der Waals surface area contributed by atoms with E-state index in [0.29, 0.717) is 12.1 Å². The van der Waals surface area contributed by atoms with Gasteiger partial charge in [0.2, 0.25) is 0 Å². The fourth-order valence-corrected chi connectivity index (χ4v) is 4.12. The Kier molecular flexibility index (Phi) is 7.40. The molecule has 2 rings (SSSR count). The molecule has 166 valence electrons. The van der Waals surface area contributed by atoms with E-state index in [9.17, 15) is 31.5 Å². The number of halogens is 4. The highest BCUT2D eigenvalue weighted by Gasteiger charge is 2.25. The highest BCUT2D eigenvalue weighted by Crippen LogP contribution is 2.29. The number of rotatable bonds is 8. The molecule has 1 aromatic carbocycles. The van der Waals surface area contributed by atoms with Gasteiger partial charge in [0.15, 0.2) is 17.5 Å². The molecule has 0 fully saturated rings. The van der Waals surface area contributed by atoms with Crippen LogP contribution in [0.5, 0.6) is 0 Å². The van der Waals surface area contributed by atoms with Gasteiger partial charge in [-0.25, -0.2) is 13.2 Å². The standard InChI is InChI=1S/C17H20ClF3N4O4S/c1-8(2)13(7-26)24-30(28,29)23-12-6-25(3)16(14(12)18)17(27)22-9-4-10(19)15(21)11(20)5-9/h4-6,8,13,23-24,26H,7H2,1-3H3,(H,22,27)/t13-/m0/s1. The zero-order valence-electron chi connectivity index (χ0n) is 16.1. The first-order chi connectivity index (χ1) is 13.9. The number of aryl methyl sites for hydroxylation is 1. The molecule has 0 aliphatic rings. The fraction of sp³-hybridized carbons (Fsp3) is 0.353. The molecule has 0 radical (unpaired) electrons. The zero-order valence-corrected chi connectivity index (χ0v) is 17.7. The minimum absolute atomic E-state index is 0.145. The number of carbonyl (C=O) groups excluding carboxylic acids is 1. The molecule has 1 aromatic heterocycles. The van der Waals surface area contributed by atoms with Gasteiger partial charge in [-0.3, -0.25) is 9.52 Å². The Hall–Kier alpha value is -2.28. The molecular formula is C17H20ClF3N4O4S. The van der Waals surface area contributed by atoms with Gasteiger partial charge in [-0.15, -0.1) is 0 Å². The van der Waals surface area contributed by atoms with Crippen LogP contribution in [0.2, 0.25) is 5.02 Å². The third kappa shape index (κ3) is 5.45. The number of aromatic nitrogens is 1. The lowest BCUT2D eigenvalue weighted by Crippen LogP contribution is -2.43. The van der Waals surface area contributed by atoms with Crippen LogP contribution in [0.25, 0.3) is 0 Å². The first-order valence-electron chi connectivity index (χ1n) is 8.58. The summed E-state index contributed by atoms with van der Waals surface area (Å²) in [5.41, 5.74) is -0.726. The van der Waals surface area contributed by atoms with Crippen molar-refractivity contribution in [1.29, 1.82) is 0 Å². The van der Waals surface area contributed by atoms with Crippen LogP contribution in [0.1, 0.15) is 24.3 Å². The molecule has 0 bridgehead atoms. The van der Waals surface area contributed by atoms with Crippen molar-refractivity contribution in [3.05, 3.63) is 46.5 Å². The Balaban J connectivity index is 2.26. The maximum atomic E-state index is 13.3. The Morgan fingerprint density at radius 3 is 2.30 bits per heavy atom. The summed E-state index contributed by atoms with van der Waals surface area (Å²) in [5, 5.41) is 11.2. The summed E-state index contributed by atoms with van der Waals surface area (Å²) in [6, 6.07) is 0.416. The zero-order chi connectivity index (χ0) is 22.8. The van der Waals surface area contributed by atoms with Gasteiger partial charge in [0.05, 0.1) is 17.3 Å². The molecule has 0 spiro atoms. The Bertz CT molecular complexity index is 1040. The van der Waals surface area contributed by atoms with E-state index in [1.54, 1.807) is 13.8 Å². The number of aliphatic hydroxyl groups excluding tert-OH is 1. The molecule has 0 aliphatic heterocycles. The normalized spacial score (nSPS) is 12.8. The predicted octanol–water partition coefficient (Wildman–Crippen LogP) is 2.61. The number of hydrogen-bond donors (Lipinski definition) is 4. The quantitative estimate of drug-likeness (QED) is 0.446. The second-order valence-corrected chi connectivity index (χ2v) is 8.61. The summed E-state index contributed by atoms with van der Waals surface area (Å²) in [6.45, 7) is 2.99.